The molecule has 1 N–H and O–H groups in total. The second kappa shape index (κ2) is 7.53. The highest BCUT2D eigenvalue weighted by Gasteiger charge is 2.15. The lowest BCUT2D eigenvalue weighted by molar-refractivity contribution is -0.385. The summed E-state index contributed by atoms with van der Waals surface area (Å²) in [5, 5.41) is 14.2. The van der Waals surface area contributed by atoms with Gasteiger partial charge in [-0.15, -0.1) is 0 Å². The number of hydrogen-bond acceptors (Lipinski definition) is 4. The van der Waals surface area contributed by atoms with E-state index in [1.165, 1.54) is 6.07 Å². The van der Waals surface area contributed by atoms with Gasteiger partial charge in [-0.25, -0.2) is 0 Å². The molecule has 0 bridgehead atoms. The highest BCUT2D eigenvalue weighted by Crippen LogP contribution is 2.28. The number of rotatable bonds is 8. The molecule has 0 amide bonds. The van der Waals surface area contributed by atoms with Gasteiger partial charge in [0.2, 0.25) is 0 Å². The Bertz CT molecular complexity index is 458. The molecule has 0 radical (unpaired) electrons. The zero-order valence-corrected chi connectivity index (χ0v) is 11.4. The predicted molar refractivity (Wildman–Crippen MR) is 75.4 cm³/mol. The fourth-order valence-electron chi connectivity index (χ4n) is 1.55. The van der Waals surface area contributed by atoms with Crippen LogP contribution in [0.4, 0.5) is 5.69 Å². The van der Waals surface area contributed by atoms with E-state index in [4.69, 9.17) is 4.74 Å². The first kappa shape index (κ1) is 15.2. The maximum absolute atomic E-state index is 10.9. The van der Waals surface area contributed by atoms with Gasteiger partial charge in [-0.1, -0.05) is 19.6 Å². The fraction of sp³-hybridized carbons (Fsp3) is 0.429. The Balaban J connectivity index is 2.84. The van der Waals surface area contributed by atoms with Crippen LogP contribution in [0.15, 0.2) is 30.4 Å². The van der Waals surface area contributed by atoms with E-state index in [0.29, 0.717) is 12.3 Å². The van der Waals surface area contributed by atoms with Crippen LogP contribution >= 0.6 is 0 Å². The van der Waals surface area contributed by atoms with E-state index in [0.717, 1.165) is 24.1 Å². The number of nitro benzene ring substituents is 1. The molecule has 0 aliphatic carbocycles. The molecule has 104 valence electrons. The third kappa shape index (κ3) is 5.09. The monoisotopic (exact) mass is 264 g/mol. The lowest BCUT2D eigenvalue weighted by Gasteiger charge is -2.09. The summed E-state index contributed by atoms with van der Waals surface area (Å²) in [6.45, 7) is 9.50. The zero-order valence-electron chi connectivity index (χ0n) is 11.4. The van der Waals surface area contributed by atoms with Crippen molar-refractivity contribution in [1.82, 2.24) is 5.32 Å². The molecule has 1 aromatic carbocycles. The summed E-state index contributed by atoms with van der Waals surface area (Å²) in [6, 6.07) is 4.94. The van der Waals surface area contributed by atoms with Crippen molar-refractivity contribution in [2.45, 2.75) is 26.8 Å². The summed E-state index contributed by atoms with van der Waals surface area (Å²) in [7, 11) is 0. The Morgan fingerprint density at radius 3 is 2.84 bits per heavy atom. The summed E-state index contributed by atoms with van der Waals surface area (Å²) in [5.41, 5.74) is 1.78. The van der Waals surface area contributed by atoms with Crippen molar-refractivity contribution in [1.29, 1.82) is 0 Å². The van der Waals surface area contributed by atoms with E-state index in [9.17, 15) is 10.1 Å². The van der Waals surface area contributed by atoms with Gasteiger partial charge < -0.3 is 10.1 Å². The summed E-state index contributed by atoms with van der Waals surface area (Å²) in [5.74, 6) is 0.295. The van der Waals surface area contributed by atoms with Crippen LogP contribution in [0.2, 0.25) is 0 Å². The maximum atomic E-state index is 10.9. The molecule has 19 heavy (non-hydrogen) atoms. The number of nitrogens with one attached hydrogen (secondary N) is 1. The van der Waals surface area contributed by atoms with Gasteiger partial charge in [-0.2, -0.15) is 0 Å². The van der Waals surface area contributed by atoms with E-state index in [2.05, 4.69) is 18.8 Å². The van der Waals surface area contributed by atoms with Crippen molar-refractivity contribution in [2.24, 2.45) is 0 Å². The largest absolute Gasteiger partial charge is 0.482 e. The summed E-state index contributed by atoms with van der Waals surface area (Å²) < 4.78 is 5.44. The third-order valence-electron chi connectivity index (χ3n) is 2.45. The molecule has 0 unspecified atom stereocenters. The van der Waals surface area contributed by atoms with Gasteiger partial charge in [0.1, 0.15) is 6.61 Å². The molecule has 0 atom stereocenters. The molecule has 1 aromatic rings. The van der Waals surface area contributed by atoms with Gasteiger partial charge in [-0.3, -0.25) is 10.1 Å². The van der Waals surface area contributed by atoms with Crippen LogP contribution in [0.1, 0.15) is 25.8 Å². The van der Waals surface area contributed by atoms with E-state index >= 15 is 0 Å². The Hall–Kier alpha value is -1.88. The van der Waals surface area contributed by atoms with Crippen molar-refractivity contribution in [2.75, 3.05) is 13.2 Å². The quantitative estimate of drug-likeness (QED) is 0.339. The molecule has 0 saturated carbocycles. The molecule has 0 saturated heterocycles. The van der Waals surface area contributed by atoms with Crippen LogP contribution in [-0.2, 0) is 6.54 Å². The average Bonchev–Trinajstić information content (AvgIpc) is 2.36. The van der Waals surface area contributed by atoms with Crippen LogP contribution < -0.4 is 10.1 Å². The van der Waals surface area contributed by atoms with Crippen molar-refractivity contribution < 1.29 is 9.66 Å². The number of nitrogens with zero attached hydrogens (tertiary/aromatic N) is 1. The average molecular weight is 264 g/mol. The number of hydrogen-bond donors (Lipinski definition) is 1. The standard InChI is InChI=1S/C14H20N2O3/c1-4-7-15-9-12-5-6-13(16(17)18)14(8-12)19-10-11(2)3/h5-6,8,15H,2,4,7,9-10H2,1,3H3. The molecule has 0 aromatic heterocycles. The second-order valence-electron chi connectivity index (χ2n) is 4.48. The molecule has 0 aliphatic rings. The zero-order chi connectivity index (χ0) is 14.3. The SMILES string of the molecule is C=C(C)COc1cc(CNCCC)ccc1[N+](=O)[O-]. The van der Waals surface area contributed by atoms with Gasteiger partial charge in [0.25, 0.3) is 0 Å². The number of nitro groups is 1. The molecule has 5 nitrogen and oxygen atoms in total. The van der Waals surface area contributed by atoms with Crippen molar-refractivity contribution in [3.8, 4) is 5.75 Å². The molecular weight excluding hydrogens is 244 g/mol. The Morgan fingerprint density at radius 1 is 1.53 bits per heavy atom. The first-order chi connectivity index (χ1) is 9.04. The van der Waals surface area contributed by atoms with Crippen molar-refractivity contribution in [3.63, 3.8) is 0 Å². The van der Waals surface area contributed by atoms with Crippen molar-refractivity contribution >= 4 is 5.69 Å². The smallest absolute Gasteiger partial charge is 0.310 e. The summed E-state index contributed by atoms with van der Waals surface area (Å²) >= 11 is 0. The van der Waals surface area contributed by atoms with E-state index in [-0.39, 0.29) is 12.3 Å². The Morgan fingerprint density at radius 2 is 2.26 bits per heavy atom. The maximum Gasteiger partial charge on any atom is 0.310 e. The minimum Gasteiger partial charge on any atom is -0.482 e. The molecule has 1 rings (SSSR count). The van der Waals surface area contributed by atoms with Gasteiger partial charge in [0, 0.05) is 12.6 Å². The van der Waals surface area contributed by atoms with E-state index < -0.39 is 4.92 Å². The highest BCUT2D eigenvalue weighted by molar-refractivity contribution is 5.48. The number of benzene rings is 1. The van der Waals surface area contributed by atoms with E-state index in [1.807, 2.05) is 6.92 Å². The molecule has 0 spiro atoms. The van der Waals surface area contributed by atoms with Crippen LogP contribution in [0.3, 0.4) is 0 Å². The third-order valence-corrected chi connectivity index (χ3v) is 2.45. The molecule has 0 heterocycles. The number of ether oxygens (including phenoxy) is 1. The van der Waals surface area contributed by atoms with Gasteiger partial charge >= 0.3 is 5.69 Å². The lowest BCUT2D eigenvalue weighted by Crippen LogP contribution is -2.14. The van der Waals surface area contributed by atoms with E-state index in [1.54, 1.807) is 12.1 Å². The molecule has 0 aliphatic heterocycles. The van der Waals surface area contributed by atoms with Gasteiger partial charge in [0.15, 0.2) is 5.75 Å². The normalized spacial score (nSPS) is 10.2. The van der Waals surface area contributed by atoms with Crippen LogP contribution in [0.25, 0.3) is 0 Å². The van der Waals surface area contributed by atoms with Crippen LogP contribution in [-0.4, -0.2) is 18.1 Å². The predicted octanol–water partition coefficient (Wildman–Crippen LogP) is 3.05. The topological polar surface area (TPSA) is 64.4 Å². The lowest BCUT2D eigenvalue weighted by atomic mass is 10.2. The van der Waals surface area contributed by atoms with Crippen LogP contribution in [0, 0.1) is 10.1 Å². The Labute approximate surface area is 113 Å². The minimum atomic E-state index is -0.434. The van der Waals surface area contributed by atoms with Gasteiger partial charge in [-0.05, 0) is 37.1 Å². The minimum absolute atomic E-state index is 0.0134. The highest BCUT2D eigenvalue weighted by atomic mass is 16.6. The summed E-state index contributed by atoms with van der Waals surface area (Å²) in [4.78, 5) is 10.5. The second-order valence-corrected chi connectivity index (χ2v) is 4.48. The first-order valence-electron chi connectivity index (χ1n) is 6.29. The molecule has 0 fully saturated rings. The van der Waals surface area contributed by atoms with Gasteiger partial charge in [0.05, 0.1) is 4.92 Å². The van der Waals surface area contributed by atoms with Crippen LogP contribution in [0.5, 0.6) is 5.75 Å². The Kier molecular flexibility index (Phi) is 6.02. The first-order valence-corrected chi connectivity index (χ1v) is 6.29. The molecular formula is C14H20N2O3. The summed E-state index contributed by atoms with van der Waals surface area (Å²) in [6.07, 6.45) is 1.05. The van der Waals surface area contributed by atoms with Crippen molar-refractivity contribution in [3.05, 3.63) is 46.0 Å². The molecule has 5 heteroatoms. The fourth-order valence-corrected chi connectivity index (χ4v) is 1.55.